The van der Waals surface area contributed by atoms with Gasteiger partial charge in [-0.05, 0) is 42.3 Å². The third-order valence-corrected chi connectivity index (χ3v) is 4.24. The zero-order valence-electron chi connectivity index (χ0n) is 15.4. The lowest BCUT2D eigenvalue weighted by molar-refractivity contribution is -0.153. The maximum atomic E-state index is 12.3. The van der Waals surface area contributed by atoms with Gasteiger partial charge in [0.2, 0.25) is 11.8 Å². The molecule has 0 saturated carbocycles. The van der Waals surface area contributed by atoms with Gasteiger partial charge in [0.15, 0.2) is 6.61 Å². The van der Waals surface area contributed by atoms with Crippen LogP contribution >= 0.6 is 0 Å². The number of ether oxygens (including phenoxy) is 1. The number of halogens is 3. The molecule has 0 unspecified atom stereocenters. The molecular weight excluding hydrogens is 385 g/mol. The molecule has 2 amide bonds. The summed E-state index contributed by atoms with van der Waals surface area (Å²) in [6.45, 7) is -0.742. The largest absolute Gasteiger partial charge is 0.482 e. The Morgan fingerprint density at radius 3 is 2.52 bits per heavy atom. The standard InChI is InChI=1S/C21H19F3N2O3/c22-21(23,24)14-29-18-5-2-1-4-17(18)25-19(27)12-9-15-7-10-16(11-8-15)26-13-3-6-20(26)28/h1-2,4-5,7-12H,3,6,13-14H2,(H,25,27)/b12-9+. The second-order valence-electron chi connectivity index (χ2n) is 6.46. The Balaban J connectivity index is 1.61. The average Bonchev–Trinajstić information content (AvgIpc) is 3.11. The molecule has 2 aromatic carbocycles. The third kappa shape index (κ3) is 5.84. The van der Waals surface area contributed by atoms with E-state index >= 15 is 0 Å². The van der Waals surface area contributed by atoms with Gasteiger partial charge in [-0.3, -0.25) is 9.59 Å². The van der Waals surface area contributed by atoms with Gasteiger partial charge in [0.05, 0.1) is 5.69 Å². The number of amides is 2. The number of hydrogen-bond donors (Lipinski definition) is 1. The maximum absolute atomic E-state index is 12.3. The first-order chi connectivity index (χ1) is 13.8. The molecule has 0 bridgehead atoms. The van der Waals surface area contributed by atoms with Crippen molar-refractivity contribution in [1.82, 2.24) is 0 Å². The van der Waals surface area contributed by atoms with Gasteiger partial charge in [-0.25, -0.2) is 0 Å². The lowest BCUT2D eigenvalue weighted by Gasteiger charge is -2.15. The highest BCUT2D eigenvalue weighted by Gasteiger charge is 2.28. The van der Waals surface area contributed by atoms with Crippen molar-refractivity contribution in [3.63, 3.8) is 0 Å². The first-order valence-corrected chi connectivity index (χ1v) is 9.00. The van der Waals surface area contributed by atoms with Crippen LogP contribution in [-0.2, 0) is 9.59 Å². The van der Waals surface area contributed by atoms with Gasteiger partial charge >= 0.3 is 6.18 Å². The van der Waals surface area contributed by atoms with Crippen molar-refractivity contribution in [3.05, 3.63) is 60.2 Å². The van der Waals surface area contributed by atoms with E-state index in [-0.39, 0.29) is 17.3 Å². The molecule has 1 N–H and O–H groups in total. The van der Waals surface area contributed by atoms with Gasteiger partial charge < -0.3 is 15.0 Å². The van der Waals surface area contributed by atoms with Crippen LogP contribution in [0.2, 0.25) is 0 Å². The summed E-state index contributed by atoms with van der Waals surface area (Å²) in [5.41, 5.74) is 1.70. The van der Waals surface area contributed by atoms with E-state index in [1.807, 2.05) is 0 Å². The number of nitrogens with one attached hydrogen (secondary N) is 1. The number of carbonyl (C=O) groups excluding carboxylic acids is 2. The molecule has 1 saturated heterocycles. The molecule has 1 aliphatic heterocycles. The van der Waals surface area contributed by atoms with E-state index in [1.165, 1.54) is 24.3 Å². The molecule has 8 heteroatoms. The van der Waals surface area contributed by atoms with E-state index in [0.717, 1.165) is 17.7 Å². The van der Waals surface area contributed by atoms with E-state index < -0.39 is 18.7 Å². The monoisotopic (exact) mass is 404 g/mol. The minimum atomic E-state index is -4.47. The zero-order chi connectivity index (χ0) is 20.9. The van der Waals surface area contributed by atoms with Crippen LogP contribution in [0.1, 0.15) is 18.4 Å². The fourth-order valence-corrected chi connectivity index (χ4v) is 2.89. The van der Waals surface area contributed by atoms with Gasteiger partial charge in [0, 0.05) is 24.7 Å². The van der Waals surface area contributed by atoms with Crippen LogP contribution in [0.25, 0.3) is 6.08 Å². The molecule has 1 fully saturated rings. The fraction of sp³-hybridized carbons (Fsp3) is 0.238. The SMILES string of the molecule is O=C(/C=C/c1ccc(N2CCCC2=O)cc1)Nc1ccccc1OCC(F)(F)F. The van der Waals surface area contributed by atoms with Crippen molar-refractivity contribution in [2.45, 2.75) is 19.0 Å². The number of rotatable bonds is 6. The van der Waals surface area contributed by atoms with Crippen LogP contribution in [0.5, 0.6) is 5.75 Å². The van der Waals surface area contributed by atoms with Crippen LogP contribution in [0, 0.1) is 0 Å². The minimum Gasteiger partial charge on any atom is -0.482 e. The Kier molecular flexibility index (Phi) is 6.21. The predicted octanol–water partition coefficient (Wildman–Crippen LogP) is 4.41. The molecule has 0 aromatic heterocycles. The second kappa shape index (κ2) is 8.81. The first kappa shape index (κ1) is 20.4. The smallest absolute Gasteiger partial charge is 0.422 e. The van der Waals surface area contributed by atoms with Gasteiger partial charge in [-0.1, -0.05) is 24.3 Å². The molecule has 0 atom stereocenters. The number of benzene rings is 2. The molecule has 0 aliphatic carbocycles. The van der Waals surface area contributed by atoms with E-state index in [9.17, 15) is 22.8 Å². The number of para-hydroxylation sites is 2. The normalized spacial score (nSPS) is 14.4. The molecule has 2 aromatic rings. The van der Waals surface area contributed by atoms with Crippen LogP contribution in [0.4, 0.5) is 24.5 Å². The number of nitrogens with zero attached hydrogens (tertiary/aromatic N) is 1. The van der Waals surface area contributed by atoms with Crippen LogP contribution < -0.4 is 15.0 Å². The molecule has 1 aliphatic rings. The van der Waals surface area contributed by atoms with Crippen molar-refractivity contribution in [2.75, 3.05) is 23.4 Å². The van der Waals surface area contributed by atoms with Crippen molar-refractivity contribution < 1.29 is 27.5 Å². The highest BCUT2D eigenvalue weighted by Crippen LogP contribution is 2.26. The van der Waals surface area contributed by atoms with Crippen LogP contribution in [-0.4, -0.2) is 31.1 Å². The summed E-state index contributed by atoms with van der Waals surface area (Å²) >= 11 is 0. The van der Waals surface area contributed by atoms with Crippen molar-refractivity contribution in [3.8, 4) is 5.75 Å². The highest BCUT2D eigenvalue weighted by atomic mass is 19.4. The third-order valence-electron chi connectivity index (χ3n) is 4.24. The molecule has 152 valence electrons. The molecule has 0 spiro atoms. The Hall–Kier alpha value is -3.29. The lowest BCUT2D eigenvalue weighted by atomic mass is 10.2. The van der Waals surface area contributed by atoms with Crippen molar-refractivity contribution in [1.29, 1.82) is 0 Å². The van der Waals surface area contributed by atoms with Gasteiger partial charge in [0.1, 0.15) is 5.75 Å². The Morgan fingerprint density at radius 1 is 1.14 bits per heavy atom. The Bertz CT molecular complexity index is 908. The zero-order valence-corrected chi connectivity index (χ0v) is 15.4. The van der Waals surface area contributed by atoms with Crippen LogP contribution in [0.3, 0.4) is 0 Å². The fourth-order valence-electron chi connectivity index (χ4n) is 2.89. The second-order valence-corrected chi connectivity index (χ2v) is 6.46. The summed E-state index contributed by atoms with van der Waals surface area (Å²) in [4.78, 5) is 25.6. The maximum Gasteiger partial charge on any atom is 0.422 e. The Morgan fingerprint density at radius 2 is 1.86 bits per heavy atom. The predicted molar refractivity (Wildman–Crippen MR) is 104 cm³/mol. The van der Waals surface area contributed by atoms with Gasteiger partial charge in [0.25, 0.3) is 0 Å². The van der Waals surface area contributed by atoms with E-state index in [2.05, 4.69) is 5.32 Å². The summed E-state index contributed by atoms with van der Waals surface area (Å²) in [6.07, 6.45) is -0.228. The topological polar surface area (TPSA) is 58.6 Å². The summed E-state index contributed by atoms with van der Waals surface area (Å²) < 4.78 is 41.8. The number of alkyl halides is 3. The van der Waals surface area contributed by atoms with E-state index in [4.69, 9.17) is 4.74 Å². The quantitative estimate of drug-likeness (QED) is 0.726. The molecule has 5 nitrogen and oxygen atoms in total. The number of hydrogen-bond acceptors (Lipinski definition) is 3. The molecular formula is C21H19F3N2O3. The lowest BCUT2D eigenvalue weighted by Crippen LogP contribution is -2.23. The summed E-state index contributed by atoms with van der Waals surface area (Å²) in [5.74, 6) is -0.475. The number of carbonyl (C=O) groups is 2. The summed E-state index contributed by atoms with van der Waals surface area (Å²) in [6, 6.07) is 13.1. The molecule has 29 heavy (non-hydrogen) atoms. The van der Waals surface area contributed by atoms with Crippen LogP contribution in [0.15, 0.2) is 54.6 Å². The molecule has 0 radical (unpaired) electrons. The molecule has 3 rings (SSSR count). The summed E-state index contributed by atoms with van der Waals surface area (Å²) in [5, 5.41) is 2.51. The van der Waals surface area contributed by atoms with Crippen molar-refractivity contribution in [2.24, 2.45) is 0 Å². The van der Waals surface area contributed by atoms with Crippen molar-refractivity contribution >= 4 is 29.3 Å². The first-order valence-electron chi connectivity index (χ1n) is 9.00. The highest BCUT2D eigenvalue weighted by molar-refractivity contribution is 6.02. The average molecular weight is 404 g/mol. The van der Waals surface area contributed by atoms with Gasteiger partial charge in [-0.2, -0.15) is 13.2 Å². The summed E-state index contributed by atoms with van der Waals surface area (Å²) in [7, 11) is 0. The molecule has 1 heterocycles. The van der Waals surface area contributed by atoms with E-state index in [0.29, 0.717) is 13.0 Å². The Labute approximate surface area is 165 Å². The van der Waals surface area contributed by atoms with Gasteiger partial charge in [-0.15, -0.1) is 0 Å². The minimum absolute atomic E-state index is 0.0637. The number of anilines is 2. The van der Waals surface area contributed by atoms with E-state index in [1.54, 1.807) is 41.3 Å².